The first kappa shape index (κ1) is 17.6. The summed E-state index contributed by atoms with van der Waals surface area (Å²) in [4.78, 5) is 15.0. The van der Waals surface area contributed by atoms with Gasteiger partial charge >= 0.3 is 0 Å². The topological polar surface area (TPSA) is 38.8 Å². The van der Waals surface area contributed by atoms with E-state index in [-0.39, 0.29) is 17.4 Å². The molecule has 0 atom stereocenters. The van der Waals surface area contributed by atoms with Crippen LogP contribution in [0.15, 0.2) is 72.5 Å². The van der Waals surface area contributed by atoms with Crippen molar-refractivity contribution in [1.29, 1.82) is 0 Å². The molecule has 0 bridgehead atoms. The van der Waals surface area contributed by atoms with Gasteiger partial charge in [0.15, 0.2) is 5.76 Å². The fourth-order valence-electron chi connectivity index (χ4n) is 3.66. The van der Waals surface area contributed by atoms with Gasteiger partial charge in [-0.05, 0) is 41.5 Å². The van der Waals surface area contributed by atoms with E-state index in [1.165, 1.54) is 17.7 Å². The maximum Gasteiger partial charge on any atom is 0.231 e. The standard InChI is InChI=1S/C24H18FNO3/c25-18-8-6-16(7-9-18)12-22-23(27)19-10-11-21-20(24(19)29-22)14-26(15-28-21)13-17-4-2-1-3-5-17/h1-12H,13-15H2/b22-12-. The molecule has 5 heteroatoms. The highest BCUT2D eigenvalue weighted by Crippen LogP contribution is 2.42. The third kappa shape index (κ3) is 3.41. The molecule has 2 aliphatic rings. The number of carbonyl (C=O) groups is 1. The molecule has 29 heavy (non-hydrogen) atoms. The largest absolute Gasteiger partial charge is 0.478 e. The Labute approximate surface area is 167 Å². The number of carbonyl (C=O) groups excluding carboxylic acids is 1. The fraction of sp³-hybridized carbons (Fsp3) is 0.125. The Morgan fingerprint density at radius 3 is 2.59 bits per heavy atom. The number of ketones is 1. The highest BCUT2D eigenvalue weighted by molar-refractivity contribution is 6.15. The summed E-state index contributed by atoms with van der Waals surface area (Å²) in [5, 5.41) is 0. The Balaban J connectivity index is 1.43. The van der Waals surface area contributed by atoms with E-state index in [2.05, 4.69) is 17.0 Å². The van der Waals surface area contributed by atoms with Gasteiger partial charge in [-0.15, -0.1) is 0 Å². The lowest BCUT2D eigenvalue weighted by molar-refractivity contribution is 0.0873. The van der Waals surface area contributed by atoms with Gasteiger partial charge in [-0.1, -0.05) is 42.5 Å². The smallest absolute Gasteiger partial charge is 0.231 e. The van der Waals surface area contributed by atoms with Crippen molar-refractivity contribution in [3.8, 4) is 11.5 Å². The first-order valence-corrected chi connectivity index (χ1v) is 9.42. The number of nitrogens with zero attached hydrogens (tertiary/aromatic N) is 1. The minimum absolute atomic E-state index is 0.174. The molecule has 0 aromatic heterocycles. The van der Waals surface area contributed by atoms with E-state index in [1.807, 2.05) is 24.3 Å². The number of hydrogen-bond acceptors (Lipinski definition) is 4. The third-order valence-corrected chi connectivity index (χ3v) is 5.10. The van der Waals surface area contributed by atoms with Crippen molar-refractivity contribution in [3.63, 3.8) is 0 Å². The van der Waals surface area contributed by atoms with E-state index in [0.717, 1.165) is 17.9 Å². The molecule has 0 saturated carbocycles. The highest BCUT2D eigenvalue weighted by atomic mass is 19.1. The first-order valence-electron chi connectivity index (χ1n) is 9.42. The minimum atomic E-state index is -0.321. The summed E-state index contributed by atoms with van der Waals surface area (Å²) >= 11 is 0. The second kappa shape index (κ2) is 7.18. The van der Waals surface area contributed by atoms with Crippen LogP contribution in [0.4, 0.5) is 4.39 Å². The van der Waals surface area contributed by atoms with Crippen LogP contribution in [0.3, 0.4) is 0 Å². The van der Waals surface area contributed by atoms with Crippen LogP contribution in [-0.4, -0.2) is 17.4 Å². The summed E-state index contributed by atoms with van der Waals surface area (Å²) in [7, 11) is 0. The number of halogens is 1. The summed E-state index contributed by atoms with van der Waals surface area (Å²) in [6.07, 6.45) is 1.64. The summed E-state index contributed by atoms with van der Waals surface area (Å²) in [5.41, 5.74) is 3.31. The number of rotatable bonds is 3. The maximum absolute atomic E-state index is 13.1. The third-order valence-electron chi connectivity index (χ3n) is 5.10. The predicted octanol–water partition coefficient (Wildman–Crippen LogP) is 4.79. The van der Waals surface area contributed by atoms with Crippen LogP contribution in [0, 0.1) is 5.82 Å². The number of hydrogen-bond donors (Lipinski definition) is 0. The van der Waals surface area contributed by atoms with E-state index in [9.17, 15) is 9.18 Å². The second-order valence-electron chi connectivity index (χ2n) is 7.16. The molecule has 2 aliphatic heterocycles. The molecular weight excluding hydrogens is 369 g/mol. The number of allylic oxidation sites excluding steroid dienone is 1. The molecule has 3 aromatic rings. The van der Waals surface area contributed by atoms with Crippen LogP contribution >= 0.6 is 0 Å². The molecule has 144 valence electrons. The van der Waals surface area contributed by atoms with Gasteiger partial charge in [-0.2, -0.15) is 0 Å². The summed E-state index contributed by atoms with van der Waals surface area (Å²) in [6.45, 7) is 1.85. The second-order valence-corrected chi connectivity index (χ2v) is 7.16. The van der Waals surface area contributed by atoms with Crippen LogP contribution in [0.1, 0.15) is 27.0 Å². The van der Waals surface area contributed by atoms with Crippen molar-refractivity contribution >= 4 is 11.9 Å². The van der Waals surface area contributed by atoms with Crippen molar-refractivity contribution in [3.05, 3.63) is 101 Å². The number of benzene rings is 3. The molecule has 0 radical (unpaired) electrons. The van der Waals surface area contributed by atoms with Crippen LogP contribution < -0.4 is 9.47 Å². The van der Waals surface area contributed by atoms with Gasteiger partial charge in [0.2, 0.25) is 5.78 Å². The lowest BCUT2D eigenvalue weighted by Gasteiger charge is -2.29. The lowest BCUT2D eigenvalue weighted by atomic mass is 10.0. The Bertz CT molecular complexity index is 1110. The van der Waals surface area contributed by atoms with Gasteiger partial charge < -0.3 is 9.47 Å². The van der Waals surface area contributed by atoms with E-state index >= 15 is 0 Å². The summed E-state index contributed by atoms with van der Waals surface area (Å²) in [5.74, 6) is 1.04. The molecular formula is C24H18FNO3. The molecule has 2 heterocycles. The van der Waals surface area contributed by atoms with Crippen molar-refractivity contribution in [2.24, 2.45) is 0 Å². The Hall–Kier alpha value is -3.44. The van der Waals surface area contributed by atoms with Gasteiger partial charge in [-0.3, -0.25) is 9.69 Å². The molecule has 0 aliphatic carbocycles. The van der Waals surface area contributed by atoms with Crippen molar-refractivity contribution in [2.75, 3.05) is 6.73 Å². The van der Waals surface area contributed by atoms with Crippen LogP contribution in [0.5, 0.6) is 11.5 Å². The molecule has 0 N–H and O–H groups in total. The normalized spacial score (nSPS) is 16.9. The highest BCUT2D eigenvalue weighted by Gasteiger charge is 2.33. The van der Waals surface area contributed by atoms with E-state index in [0.29, 0.717) is 30.2 Å². The SMILES string of the molecule is O=C1/C(=C/c2ccc(F)cc2)Oc2c1ccc1c2CN(Cc2ccccc2)CO1. The monoisotopic (exact) mass is 387 g/mol. The van der Waals surface area contributed by atoms with E-state index < -0.39 is 0 Å². The predicted molar refractivity (Wildman–Crippen MR) is 107 cm³/mol. The average Bonchev–Trinajstić information content (AvgIpc) is 3.06. The zero-order valence-corrected chi connectivity index (χ0v) is 15.6. The van der Waals surface area contributed by atoms with Crippen LogP contribution in [0.25, 0.3) is 6.08 Å². The zero-order chi connectivity index (χ0) is 19.8. The summed E-state index contributed by atoms with van der Waals surface area (Å²) in [6, 6.07) is 19.7. The molecule has 0 spiro atoms. The average molecular weight is 387 g/mol. The number of Topliss-reactive ketones (excluding diaryl/α,β-unsaturated/α-hetero) is 1. The van der Waals surface area contributed by atoms with E-state index in [1.54, 1.807) is 24.3 Å². The fourth-order valence-corrected chi connectivity index (χ4v) is 3.66. The molecule has 0 unspecified atom stereocenters. The molecule has 0 fully saturated rings. The Morgan fingerprint density at radius 1 is 1.00 bits per heavy atom. The first-order chi connectivity index (χ1) is 14.2. The van der Waals surface area contributed by atoms with Crippen molar-refractivity contribution in [2.45, 2.75) is 13.1 Å². The van der Waals surface area contributed by atoms with Crippen molar-refractivity contribution in [1.82, 2.24) is 4.90 Å². The molecule has 4 nitrogen and oxygen atoms in total. The molecule has 0 amide bonds. The van der Waals surface area contributed by atoms with Gasteiger partial charge in [0.05, 0.1) is 11.1 Å². The molecule has 3 aromatic carbocycles. The van der Waals surface area contributed by atoms with Crippen LogP contribution in [0.2, 0.25) is 0 Å². The summed E-state index contributed by atoms with van der Waals surface area (Å²) < 4.78 is 25.0. The maximum atomic E-state index is 13.1. The van der Waals surface area contributed by atoms with Crippen LogP contribution in [-0.2, 0) is 13.1 Å². The Kier molecular flexibility index (Phi) is 4.37. The number of ether oxygens (including phenoxy) is 2. The van der Waals surface area contributed by atoms with Gasteiger partial charge in [0.1, 0.15) is 24.0 Å². The molecule has 0 saturated heterocycles. The van der Waals surface area contributed by atoms with Gasteiger partial charge in [0, 0.05) is 13.1 Å². The Morgan fingerprint density at radius 2 is 1.79 bits per heavy atom. The lowest BCUT2D eigenvalue weighted by Crippen LogP contribution is -2.31. The van der Waals surface area contributed by atoms with E-state index in [4.69, 9.17) is 9.47 Å². The quantitative estimate of drug-likeness (QED) is 0.606. The number of fused-ring (bicyclic) bond motifs is 3. The van der Waals surface area contributed by atoms with Crippen molar-refractivity contribution < 1.29 is 18.7 Å². The van der Waals surface area contributed by atoms with Gasteiger partial charge in [0.25, 0.3) is 0 Å². The minimum Gasteiger partial charge on any atom is -0.478 e. The zero-order valence-electron chi connectivity index (χ0n) is 15.6. The van der Waals surface area contributed by atoms with Gasteiger partial charge in [-0.25, -0.2) is 4.39 Å². The molecule has 5 rings (SSSR count).